The number of nitrogens with zero attached hydrogens (tertiary/aromatic N) is 8. The van der Waals surface area contributed by atoms with Gasteiger partial charge in [-0.25, -0.2) is 37.7 Å². The Morgan fingerprint density at radius 3 is 2.35 bits per heavy atom. The lowest BCUT2D eigenvalue weighted by Crippen LogP contribution is -2.48. The number of hydrogen-bond acceptors (Lipinski definition) is 9. The topological polar surface area (TPSA) is 108 Å². The van der Waals surface area contributed by atoms with Crippen LogP contribution >= 0.6 is 0 Å². The molecule has 34 heavy (non-hydrogen) atoms. The van der Waals surface area contributed by atoms with Crippen molar-refractivity contribution in [3.05, 3.63) is 53.9 Å². The number of rotatable bonds is 4. The molecule has 0 spiro atoms. The van der Waals surface area contributed by atoms with E-state index in [4.69, 9.17) is 4.98 Å². The molecule has 178 valence electrons. The van der Waals surface area contributed by atoms with Gasteiger partial charge in [0.25, 0.3) is 0 Å². The van der Waals surface area contributed by atoms with Crippen molar-refractivity contribution >= 4 is 21.7 Å². The average molecular weight is 485 g/mol. The molecule has 0 amide bonds. The molecule has 1 unspecified atom stereocenters. The minimum Gasteiger partial charge on any atom is -0.354 e. The molecular weight excluding hydrogens is 459 g/mol. The first-order valence-electron chi connectivity index (χ1n) is 11.1. The van der Waals surface area contributed by atoms with Crippen LogP contribution in [0, 0.1) is 5.82 Å². The Balaban J connectivity index is 1.38. The van der Waals surface area contributed by atoms with Gasteiger partial charge in [0.05, 0.1) is 18.0 Å². The lowest BCUT2D eigenvalue weighted by atomic mass is 9.99. The predicted molar refractivity (Wildman–Crippen MR) is 125 cm³/mol. The van der Waals surface area contributed by atoms with Crippen LogP contribution in [-0.4, -0.2) is 76.6 Å². The fraction of sp³-hybridized carbons (Fsp3) is 0.409. The number of fused-ring (bicyclic) bond motifs is 1. The van der Waals surface area contributed by atoms with Crippen LogP contribution in [0.25, 0.3) is 11.6 Å². The van der Waals surface area contributed by atoms with Crippen LogP contribution in [0.15, 0.2) is 36.8 Å². The number of hydrogen-bond donors (Lipinski definition) is 0. The normalized spacial score (nSPS) is 19.2. The number of piperazine rings is 1. The number of aromatic nitrogens is 5. The fourth-order valence-corrected chi connectivity index (χ4v) is 5.25. The molecule has 3 aromatic rings. The summed E-state index contributed by atoms with van der Waals surface area (Å²) in [7, 11) is -3.24. The van der Waals surface area contributed by atoms with Gasteiger partial charge in [0.2, 0.25) is 10.0 Å². The molecule has 12 heteroatoms. The van der Waals surface area contributed by atoms with Crippen LogP contribution in [-0.2, 0) is 16.4 Å². The number of anilines is 2. The molecular formula is C22H25FN8O2S. The van der Waals surface area contributed by atoms with Gasteiger partial charge in [-0.15, -0.1) is 0 Å². The molecule has 1 fully saturated rings. The van der Waals surface area contributed by atoms with Gasteiger partial charge in [0.1, 0.15) is 17.5 Å². The van der Waals surface area contributed by atoms with Crippen LogP contribution in [0.1, 0.15) is 24.2 Å². The Hall–Kier alpha value is -3.25. The summed E-state index contributed by atoms with van der Waals surface area (Å²) in [6.07, 6.45) is 6.96. The van der Waals surface area contributed by atoms with E-state index in [9.17, 15) is 12.8 Å². The summed E-state index contributed by atoms with van der Waals surface area (Å²) < 4.78 is 39.6. The Kier molecular flexibility index (Phi) is 5.86. The maximum atomic E-state index is 14.6. The summed E-state index contributed by atoms with van der Waals surface area (Å²) in [4.78, 5) is 26.3. The molecule has 10 nitrogen and oxygen atoms in total. The third kappa shape index (κ3) is 4.42. The maximum absolute atomic E-state index is 14.6. The Labute approximate surface area is 197 Å². The van der Waals surface area contributed by atoms with E-state index in [1.54, 1.807) is 24.7 Å². The van der Waals surface area contributed by atoms with E-state index in [1.807, 2.05) is 16.7 Å². The van der Waals surface area contributed by atoms with Gasteiger partial charge >= 0.3 is 0 Å². The number of pyridine rings is 1. The lowest BCUT2D eigenvalue weighted by molar-refractivity contribution is 0.386. The highest BCUT2D eigenvalue weighted by molar-refractivity contribution is 7.88. The van der Waals surface area contributed by atoms with Crippen LogP contribution < -0.4 is 9.80 Å². The van der Waals surface area contributed by atoms with Crippen molar-refractivity contribution in [3.63, 3.8) is 0 Å². The smallest absolute Gasteiger partial charge is 0.211 e. The van der Waals surface area contributed by atoms with E-state index in [1.165, 1.54) is 22.7 Å². The summed E-state index contributed by atoms with van der Waals surface area (Å²) >= 11 is 0. The second kappa shape index (κ2) is 8.84. The molecule has 0 saturated carbocycles. The van der Waals surface area contributed by atoms with Crippen LogP contribution in [0.5, 0.6) is 0 Å². The van der Waals surface area contributed by atoms with Gasteiger partial charge in [-0.3, -0.25) is 0 Å². The molecule has 5 heterocycles. The van der Waals surface area contributed by atoms with Crippen molar-refractivity contribution in [2.45, 2.75) is 19.4 Å². The third-order valence-corrected chi connectivity index (χ3v) is 7.57. The number of sulfonamides is 1. The zero-order chi connectivity index (χ0) is 23.9. The van der Waals surface area contributed by atoms with E-state index in [-0.39, 0.29) is 11.9 Å². The molecule has 0 aromatic carbocycles. The Morgan fingerprint density at radius 1 is 0.941 bits per heavy atom. The third-order valence-electron chi connectivity index (χ3n) is 6.26. The highest BCUT2D eigenvalue weighted by Gasteiger charge is 2.29. The van der Waals surface area contributed by atoms with Crippen molar-refractivity contribution in [1.29, 1.82) is 0 Å². The molecule has 1 saturated heterocycles. The van der Waals surface area contributed by atoms with Crippen LogP contribution in [0.2, 0.25) is 0 Å². The molecule has 1 atom stereocenters. The van der Waals surface area contributed by atoms with E-state index < -0.39 is 10.0 Å². The summed E-state index contributed by atoms with van der Waals surface area (Å²) in [5, 5.41) is 0. The van der Waals surface area contributed by atoms with E-state index in [2.05, 4.69) is 19.9 Å². The molecule has 0 bridgehead atoms. The summed E-state index contributed by atoms with van der Waals surface area (Å²) in [6.45, 7) is 4.27. The van der Waals surface area contributed by atoms with E-state index in [0.717, 1.165) is 11.3 Å². The zero-order valence-corrected chi connectivity index (χ0v) is 19.8. The fourth-order valence-electron chi connectivity index (χ4n) is 4.43. The first kappa shape index (κ1) is 22.5. The van der Waals surface area contributed by atoms with Crippen molar-refractivity contribution in [1.82, 2.24) is 29.2 Å². The molecule has 0 aliphatic carbocycles. The number of halogens is 1. The van der Waals surface area contributed by atoms with Crippen molar-refractivity contribution < 1.29 is 12.8 Å². The molecule has 2 aliphatic rings. The summed E-state index contributed by atoms with van der Waals surface area (Å²) in [6, 6.07) is 4.48. The summed E-state index contributed by atoms with van der Waals surface area (Å²) in [5.41, 5.74) is 1.88. The SMILES string of the molecule is CC1c2cnc(-c3ncccn3)nc2CCN1c1cc(F)cc(N2CCN(S(C)(=O)=O)CC2)n1. The molecule has 0 radical (unpaired) electrons. The average Bonchev–Trinajstić information content (AvgIpc) is 2.84. The van der Waals surface area contributed by atoms with Gasteiger partial charge in [0, 0.05) is 75.4 Å². The molecule has 2 aliphatic heterocycles. The highest BCUT2D eigenvalue weighted by atomic mass is 32.2. The highest BCUT2D eigenvalue weighted by Crippen LogP contribution is 2.33. The van der Waals surface area contributed by atoms with Crippen molar-refractivity contribution in [2.75, 3.05) is 48.8 Å². The standard InChI is InChI=1S/C22H25FN8O2S/c1-15-17-14-26-22(21-24-5-3-6-25-21)27-18(17)4-7-31(15)20-13-16(23)12-19(28-20)29-8-10-30(11-9-29)34(2,32)33/h3,5-6,12-15H,4,7-11H2,1-2H3. The summed E-state index contributed by atoms with van der Waals surface area (Å²) in [5.74, 6) is 1.63. The van der Waals surface area contributed by atoms with Crippen molar-refractivity contribution in [3.8, 4) is 11.6 Å². The molecule has 5 rings (SSSR count). The van der Waals surface area contributed by atoms with Gasteiger partial charge in [-0.2, -0.15) is 4.31 Å². The first-order chi connectivity index (χ1) is 16.3. The monoisotopic (exact) mass is 484 g/mol. The Morgan fingerprint density at radius 2 is 1.65 bits per heavy atom. The van der Waals surface area contributed by atoms with Gasteiger partial charge in [-0.1, -0.05) is 0 Å². The largest absolute Gasteiger partial charge is 0.354 e. The lowest BCUT2D eigenvalue weighted by Gasteiger charge is -2.37. The van der Waals surface area contributed by atoms with Crippen LogP contribution in [0.4, 0.5) is 16.0 Å². The second-order valence-corrected chi connectivity index (χ2v) is 10.4. The van der Waals surface area contributed by atoms with E-state index >= 15 is 0 Å². The van der Waals surface area contributed by atoms with Crippen LogP contribution in [0.3, 0.4) is 0 Å². The molecule has 3 aromatic heterocycles. The van der Waals surface area contributed by atoms with Gasteiger partial charge in [-0.05, 0) is 13.0 Å². The quantitative estimate of drug-likeness (QED) is 0.546. The maximum Gasteiger partial charge on any atom is 0.211 e. The second-order valence-electron chi connectivity index (χ2n) is 8.44. The Bertz CT molecular complexity index is 1300. The van der Waals surface area contributed by atoms with Crippen molar-refractivity contribution in [2.24, 2.45) is 0 Å². The predicted octanol–water partition coefficient (Wildman–Crippen LogP) is 1.67. The van der Waals surface area contributed by atoms with Gasteiger partial charge in [0.15, 0.2) is 11.6 Å². The van der Waals surface area contributed by atoms with Gasteiger partial charge < -0.3 is 9.80 Å². The first-order valence-corrected chi connectivity index (χ1v) is 12.9. The minimum absolute atomic E-state index is 0.0984. The van der Waals surface area contributed by atoms with E-state index in [0.29, 0.717) is 62.4 Å². The minimum atomic E-state index is -3.24. The zero-order valence-electron chi connectivity index (χ0n) is 19.0. The molecule has 0 N–H and O–H groups in total.